The highest BCUT2D eigenvalue weighted by Gasteiger charge is 2.08. The Morgan fingerprint density at radius 3 is 2.35 bits per heavy atom. The number of carbonyl (C=O) groups excluding carboxylic acids is 1. The summed E-state index contributed by atoms with van der Waals surface area (Å²) in [6.07, 6.45) is -0.144. The quantitative estimate of drug-likeness (QED) is 0.578. The Kier molecular flexibility index (Phi) is 5.16. The SMILES string of the molecule is COCOc1ccc(C(=O)CCC(=O)O)cc1. The maximum absolute atomic E-state index is 11.5. The van der Waals surface area contributed by atoms with Crippen molar-refractivity contribution in [3.8, 4) is 5.75 Å². The summed E-state index contributed by atoms with van der Waals surface area (Å²) in [5.41, 5.74) is 0.482. The molecule has 1 aromatic rings. The smallest absolute Gasteiger partial charge is 0.303 e. The van der Waals surface area contributed by atoms with Gasteiger partial charge in [-0.2, -0.15) is 0 Å². The zero-order valence-corrected chi connectivity index (χ0v) is 9.51. The molecule has 0 aliphatic heterocycles. The average molecular weight is 238 g/mol. The predicted octanol–water partition coefficient (Wildman–Crippen LogP) is 1.72. The summed E-state index contributed by atoms with van der Waals surface area (Å²) >= 11 is 0. The Morgan fingerprint density at radius 2 is 1.82 bits per heavy atom. The van der Waals surface area contributed by atoms with Crippen LogP contribution in [0.4, 0.5) is 0 Å². The van der Waals surface area contributed by atoms with Crippen molar-refractivity contribution >= 4 is 11.8 Å². The molecule has 92 valence electrons. The predicted molar refractivity (Wildman–Crippen MR) is 60.1 cm³/mol. The van der Waals surface area contributed by atoms with Gasteiger partial charge >= 0.3 is 5.97 Å². The van der Waals surface area contributed by atoms with Gasteiger partial charge in [0.05, 0.1) is 6.42 Å². The topological polar surface area (TPSA) is 72.8 Å². The Morgan fingerprint density at radius 1 is 1.18 bits per heavy atom. The number of ketones is 1. The van der Waals surface area contributed by atoms with Gasteiger partial charge < -0.3 is 14.6 Å². The zero-order valence-electron chi connectivity index (χ0n) is 9.51. The fourth-order valence-corrected chi connectivity index (χ4v) is 1.23. The summed E-state index contributed by atoms with van der Waals surface area (Å²) in [4.78, 5) is 21.9. The molecule has 0 aromatic heterocycles. The second-order valence-electron chi connectivity index (χ2n) is 3.39. The van der Waals surface area contributed by atoms with Crippen molar-refractivity contribution in [1.82, 2.24) is 0 Å². The van der Waals surface area contributed by atoms with Crippen LogP contribution >= 0.6 is 0 Å². The number of hydrogen-bond acceptors (Lipinski definition) is 4. The standard InChI is InChI=1S/C12H14O5/c1-16-8-17-10-4-2-9(3-5-10)11(13)6-7-12(14)15/h2-5H,6-8H2,1H3,(H,14,15). The van der Waals surface area contributed by atoms with Crippen LogP contribution in [-0.4, -0.2) is 30.8 Å². The van der Waals surface area contributed by atoms with Crippen LogP contribution in [0.2, 0.25) is 0 Å². The number of carboxylic acids is 1. The number of rotatable bonds is 7. The number of carbonyl (C=O) groups is 2. The lowest BCUT2D eigenvalue weighted by molar-refractivity contribution is -0.136. The molecule has 0 unspecified atom stereocenters. The molecule has 0 bridgehead atoms. The first-order chi connectivity index (χ1) is 8.13. The van der Waals surface area contributed by atoms with Crippen molar-refractivity contribution in [3.63, 3.8) is 0 Å². The zero-order chi connectivity index (χ0) is 12.7. The second-order valence-corrected chi connectivity index (χ2v) is 3.39. The third-order valence-corrected chi connectivity index (χ3v) is 2.09. The normalized spacial score (nSPS) is 9.94. The summed E-state index contributed by atoms with van der Waals surface area (Å²) in [5, 5.41) is 8.46. The van der Waals surface area contributed by atoms with Crippen LogP contribution in [0, 0.1) is 0 Å². The molecule has 0 aliphatic rings. The van der Waals surface area contributed by atoms with Crippen molar-refractivity contribution in [2.75, 3.05) is 13.9 Å². The lowest BCUT2D eigenvalue weighted by Gasteiger charge is -2.05. The molecule has 0 atom stereocenters. The molecule has 5 heteroatoms. The van der Waals surface area contributed by atoms with E-state index >= 15 is 0 Å². The molecule has 1 aromatic carbocycles. The van der Waals surface area contributed by atoms with Gasteiger partial charge in [0.15, 0.2) is 12.6 Å². The molecule has 17 heavy (non-hydrogen) atoms. The molecular weight excluding hydrogens is 224 g/mol. The van der Waals surface area contributed by atoms with E-state index in [1.807, 2.05) is 0 Å². The molecule has 0 aliphatic carbocycles. The van der Waals surface area contributed by atoms with E-state index in [4.69, 9.17) is 14.6 Å². The van der Waals surface area contributed by atoms with E-state index < -0.39 is 5.97 Å². The van der Waals surface area contributed by atoms with Crippen molar-refractivity contribution in [2.24, 2.45) is 0 Å². The van der Waals surface area contributed by atoms with E-state index in [9.17, 15) is 9.59 Å². The molecule has 5 nitrogen and oxygen atoms in total. The number of methoxy groups -OCH3 is 1. The first-order valence-electron chi connectivity index (χ1n) is 5.10. The largest absolute Gasteiger partial charge is 0.481 e. The van der Waals surface area contributed by atoms with Gasteiger partial charge in [0.2, 0.25) is 0 Å². The number of aliphatic carboxylic acids is 1. The summed E-state index contributed by atoms with van der Waals surface area (Å²) < 4.78 is 9.89. The summed E-state index contributed by atoms with van der Waals surface area (Å²) in [5.74, 6) is -0.564. The molecule has 0 saturated carbocycles. The number of hydrogen-bond donors (Lipinski definition) is 1. The van der Waals surface area contributed by atoms with E-state index in [0.29, 0.717) is 11.3 Å². The van der Waals surface area contributed by atoms with E-state index in [0.717, 1.165) is 0 Å². The summed E-state index contributed by atoms with van der Waals surface area (Å²) in [7, 11) is 1.52. The van der Waals surface area contributed by atoms with Crippen LogP contribution < -0.4 is 4.74 Å². The highest BCUT2D eigenvalue weighted by Crippen LogP contribution is 2.14. The Labute approximate surface area is 99.0 Å². The molecule has 1 rings (SSSR count). The van der Waals surface area contributed by atoms with Crippen molar-refractivity contribution in [1.29, 1.82) is 0 Å². The number of benzene rings is 1. The summed E-state index contributed by atoms with van der Waals surface area (Å²) in [6.45, 7) is 0.145. The van der Waals surface area contributed by atoms with Crippen LogP contribution in [0.3, 0.4) is 0 Å². The number of ether oxygens (including phenoxy) is 2. The van der Waals surface area contributed by atoms with E-state index in [1.54, 1.807) is 24.3 Å². The molecule has 0 amide bonds. The van der Waals surface area contributed by atoms with Crippen molar-refractivity contribution in [2.45, 2.75) is 12.8 Å². The Hall–Kier alpha value is -1.88. The molecule has 0 radical (unpaired) electrons. The minimum Gasteiger partial charge on any atom is -0.481 e. The van der Waals surface area contributed by atoms with Gasteiger partial charge in [0.1, 0.15) is 5.75 Å². The van der Waals surface area contributed by atoms with Gasteiger partial charge in [0, 0.05) is 19.1 Å². The maximum atomic E-state index is 11.5. The van der Waals surface area contributed by atoms with Crippen molar-refractivity contribution in [3.05, 3.63) is 29.8 Å². The maximum Gasteiger partial charge on any atom is 0.303 e. The van der Waals surface area contributed by atoms with Gasteiger partial charge in [-0.15, -0.1) is 0 Å². The van der Waals surface area contributed by atoms with Crippen LogP contribution in [0.1, 0.15) is 23.2 Å². The van der Waals surface area contributed by atoms with E-state index in [2.05, 4.69) is 0 Å². The molecule has 1 N–H and O–H groups in total. The van der Waals surface area contributed by atoms with Gasteiger partial charge in [0.25, 0.3) is 0 Å². The van der Waals surface area contributed by atoms with E-state index in [1.165, 1.54) is 7.11 Å². The third kappa shape index (κ3) is 4.65. The third-order valence-electron chi connectivity index (χ3n) is 2.09. The van der Waals surface area contributed by atoms with Gasteiger partial charge in [-0.1, -0.05) is 0 Å². The molecule has 0 heterocycles. The van der Waals surface area contributed by atoms with E-state index in [-0.39, 0.29) is 25.4 Å². The Balaban J connectivity index is 2.54. The van der Waals surface area contributed by atoms with Gasteiger partial charge in [-0.25, -0.2) is 0 Å². The van der Waals surface area contributed by atoms with Crippen LogP contribution in [0.25, 0.3) is 0 Å². The minimum atomic E-state index is -0.974. The Bertz CT molecular complexity index is 382. The molecule has 0 saturated heterocycles. The highest BCUT2D eigenvalue weighted by molar-refractivity contribution is 5.97. The lowest BCUT2D eigenvalue weighted by atomic mass is 10.1. The number of Topliss-reactive ketones (excluding diaryl/α,β-unsaturated/α-hetero) is 1. The lowest BCUT2D eigenvalue weighted by Crippen LogP contribution is -2.04. The van der Waals surface area contributed by atoms with Crippen LogP contribution in [0.5, 0.6) is 5.75 Å². The minimum absolute atomic E-state index is 0.00755. The van der Waals surface area contributed by atoms with Crippen molar-refractivity contribution < 1.29 is 24.2 Å². The average Bonchev–Trinajstić information content (AvgIpc) is 2.34. The second kappa shape index (κ2) is 6.65. The highest BCUT2D eigenvalue weighted by atomic mass is 16.7. The molecular formula is C12H14O5. The first-order valence-corrected chi connectivity index (χ1v) is 5.10. The van der Waals surface area contributed by atoms with Gasteiger partial charge in [-0.05, 0) is 24.3 Å². The van der Waals surface area contributed by atoms with Crippen LogP contribution in [-0.2, 0) is 9.53 Å². The molecule has 0 fully saturated rings. The first kappa shape index (κ1) is 13.2. The fraction of sp³-hybridized carbons (Fsp3) is 0.333. The number of carboxylic acid groups (broad SMARTS) is 1. The van der Waals surface area contributed by atoms with Gasteiger partial charge in [-0.3, -0.25) is 9.59 Å². The summed E-state index contributed by atoms with van der Waals surface area (Å²) in [6, 6.07) is 6.50. The monoisotopic (exact) mass is 238 g/mol. The molecule has 0 spiro atoms. The van der Waals surface area contributed by atoms with Crippen LogP contribution in [0.15, 0.2) is 24.3 Å². The fourth-order valence-electron chi connectivity index (χ4n) is 1.23.